The normalized spacial score (nSPS) is 20.6. The molecule has 0 aromatic rings. The molecule has 0 spiro atoms. The molecular weight excluding hydrogens is 148 g/mol. The molecule has 1 nitrogen and oxygen atoms in total. The average molecular weight is 164 g/mol. The van der Waals surface area contributed by atoms with Crippen LogP contribution < -0.4 is 0 Å². The fraction of sp³-hybridized carbons (Fsp3) is 0.545. The summed E-state index contributed by atoms with van der Waals surface area (Å²) in [4.78, 5) is 10.0. The van der Waals surface area contributed by atoms with Crippen molar-refractivity contribution in [1.82, 2.24) is 0 Å². The Morgan fingerprint density at radius 3 is 2.58 bits per heavy atom. The minimum atomic E-state index is 0.765. The first kappa shape index (κ1) is 9.24. The van der Waals surface area contributed by atoms with Gasteiger partial charge in [-0.05, 0) is 31.8 Å². The highest BCUT2D eigenvalue weighted by Crippen LogP contribution is 2.26. The Bertz CT molecular complexity index is 195. The van der Waals surface area contributed by atoms with Crippen LogP contribution in [0.4, 0.5) is 0 Å². The second kappa shape index (κ2) is 4.91. The minimum Gasteiger partial charge on any atom is -0.299 e. The first-order valence-corrected chi connectivity index (χ1v) is 4.63. The predicted octanol–water partition coefficient (Wildman–Crippen LogP) is 2.88. The monoisotopic (exact) mass is 164 g/mol. The number of hydrogen-bond donors (Lipinski definition) is 0. The third-order valence-electron chi connectivity index (χ3n) is 2.34. The van der Waals surface area contributed by atoms with Crippen molar-refractivity contribution in [2.75, 3.05) is 0 Å². The molecule has 0 bridgehead atoms. The summed E-state index contributed by atoms with van der Waals surface area (Å²) >= 11 is 0. The Balaban J connectivity index is 2.42. The molecule has 0 amide bonds. The maximum atomic E-state index is 10.0. The number of rotatable bonds is 3. The van der Waals surface area contributed by atoms with Gasteiger partial charge < -0.3 is 0 Å². The largest absolute Gasteiger partial charge is 0.299 e. The van der Waals surface area contributed by atoms with E-state index in [1.165, 1.54) is 31.3 Å². The highest BCUT2D eigenvalue weighted by Gasteiger charge is 2.11. The summed E-state index contributed by atoms with van der Waals surface area (Å²) in [7, 11) is 0. The number of carbonyl (C=O) groups is 1. The van der Waals surface area contributed by atoms with Gasteiger partial charge in [0.25, 0.3) is 0 Å². The molecule has 66 valence electrons. The third kappa shape index (κ3) is 3.04. The predicted molar refractivity (Wildman–Crippen MR) is 50.9 cm³/mol. The first-order valence-electron chi connectivity index (χ1n) is 4.63. The average Bonchev–Trinajstić information content (AvgIpc) is 2.53. The highest BCUT2D eigenvalue weighted by atomic mass is 16.1. The molecule has 0 unspecified atom stereocenters. The van der Waals surface area contributed by atoms with Crippen molar-refractivity contribution in [2.45, 2.75) is 32.6 Å². The summed E-state index contributed by atoms with van der Waals surface area (Å²) in [5, 5.41) is 0. The minimum absolute atomic E-state index is 0.765. The smallest absolute Gasteiger partial charge is 0.142 e. The quantitative estimate of drug-likeness (QED) is 0.356. The zero-order valence-corrected chi connectivity index (χ0v) is 7.62. The Kier molecular flexibility index (Phi) is 3.78. The Morgan fingerprint density at radius 1 is 1.33 bits per heavy atom. The van der Waals surface area contributed by atoms with Gasteiger partial charge >= 0.3 is 0 Å². The molecular formula is C11H16O. The summed E-state index contributed by atoms with van der Waals surface area (Å²) < 4.78 is 0. The molecule has 1 aliphatic carbocycles. The van der Waals surface area contributed by atoms with Crippen molar-refractivity contribution < 1.29 is 4.79 Å². The van der Waals surface area contributed by atoms with Gasteiger partial charge in [-0.2, -0.15) is 0 Å². The lowest BCUT2D eigenvalue weighted by atomic mass is 10.0. The zero-order chi connectivity index (χ0) is 8.81. The fourth-order valence-electron chi connectivity index (χ4n) is 1.74. The standard InChI is InChI=1S/C11H16O/c1-10(5-4-8-12)9-11-6-2-3-7-11/h4-5,8-9,11H,2-3,6-7H2,1H3/b5-4+,10-9+. The van der Waals surface area contributed by atoms with Crippen LogP contribution in [0.5, 0.6) is 0 Å². The second-order valence-corrected chi connectivity index (χ2v) is 3.45. The second-order valence-electron chi connectivity index (χ2n) is 3.45. The van der Waals surface area contributed by atoms with Gasteiger partial charge in [0.1, 0.15) is 6.29 Å². The maximum Gasteiger partial charge on any atom is 0.142 e. The van der Waals surface area contributed by atoms with Crippen LogP contribution in [-0.4, -0.2) is 6.29 Å². The molecule has 12 heavy (non-hydrogen) atoms. The lowest BCUT2D eigenvalue weighted by Crippen LogP contribution is -1.87. The van der Waals surface area contributed by atoms with Gasteiger partial charge in [0.15, 0.2) is 0 Å². The van der Waals surface area contributed by atoms with E-state index >= 15 is 0 Å². The van der Waals surface area contributed by atoms with Crippen molar-refractivity contribution in [3.8, 4) is 0 Å². The van der Waals surface area contributed by atoms with E-state index in [9.17, 15) is 4.79 Å². The van der Waals surface area contributed by atoms with E-state index in [0.29, 0.717) is 0 Å². The van der Waals surface area contributed by atoms with Crippen LogP contribution in [0.3, 0.4) is 0 Å². The highest BCUT2D eigenvalue weighted by molar-refractivity contribution is 5.65. The van der Waals surface area contributed by atoms with Gasteiger partial charge in [-0.1, -0.05) is 30.6 Å². The lowest BCUT2D eigenvalue weighted by molar-refractivity contribution is -0.104. The molecule has 1 fully saturated rings. The summed E-state index contributed by atoms with van der Waals surface area (Å²) in [5.41, 5.74) is 1.22. The van der Waals surface area contributed by atoms with Crippen molar-refractivity contribution in [1.29, 1.82) is 0 Å². The van der Waals surface area contributed by atoms with E-state index in [1.807, 2.05) is 6.08 Å². The molecule has 1 aliphatic rings. The van der Waals surface area contributed by atoms with Crippen LogP contribution in [0.2, 0.25) is 0 Å². The number of carbonyl (C=O) groups excluding carboxylic acids is 1. The Morgan fingerprint density at radius 2 is 2.00 bits per heavy atom. The van der Waals surface area contributed by atoms with Crippen molar-refractivity contribution in [3.63, 3.8) is 0 Å². The Labute approximate surface area is 74.2 Å². The van der Waals surface area contributed by atoms with E-state index in [1.54, 1.807) is 6.08 Å². The number of allylic oxidation sites excluding steroid dienone is 4. The summed E-state index contributed by atoms with van der Waals surface area (Å²) in [6, 6.07) is 0. The van der Waals surface area contributed by atoms with Crippen molar-refractivity contribution in [3.05, 3.63) is 23.8 Å². The molecule has 1 rings (SSSR count). The lowest BCUT2D eigenvalue weighted by Gasteiger charge is -2.01. The van der Waals surface area contributed by atoms with E-state index in [0.717, 1.165) is 12.2 Å². The van der Waals surface area contributed by atoms with Gasteiger partial charge in [0, 0.05) is 0 Å². The van der Waals surface area contributed by atoms with Gasteiger partial charge in [0.2, 0.25) is 0 Å². The number of hydrogen-bond acceptors (Lipinski definition) is 1. The SMILES string of the molecule is CC(/C=C/C=O)=C\C1CCCC1. The molecule has 0 aromatic carbocycles. The van der Waals surface area contributed by atoms with Crippen LogP contribution >= 0.6 is 0 Å². The van der Waals surface area contributed by atoms with Gasteiger partial charge in [-0.25, -0.2) is 0 Å². The summed E-state index contributed by atoms with van der Waals surface area (Å²) in [5.74, 6) is 0.765. The molecule has 0 heterocycles. The van der Waals surface area contributed by atoms with Crippen molar-refractivity contribution >= 4 is 6.29 Å². The van der Waals surface area contributed by atoms with Crippen LogP contribution in [0, 0.1) is 5.92 Å². The molecule has 0 radical (unpaired) electrons. The van der Waals surface area contributed by atoms with E-state index in [4.69, 9.17) is 0 Å². The zero-order valence-electron chi connectivity index (χ0n) is 7.62. The van der Waals surface area contributed by atoms with Crippen LogP contribution in [0.15, 0.2) is 23.8 Å². The topological polar surface area (TPSA) is 17.1 Å². The van der Waals surface area contributed by atoms with E-state index in [-0.39, 0.29) is 0 Å². The van der Waals surface area contributed by atoms with Crippen LogP contribution in [0.1, 0.15) is 32.6 Å². The fourth-order valence-corrected chi connectivity index (χ4v) is 1.74. The maximum absolute atomic E-state index is 10.0. The molecule has 0 aromatic heterocycles. The molecule has 0 aliphatic heterocycles. The summed E-state index contributed by atoms with van der Waals surface area (Å²) in [6.07, 6.45) is 11.9. The van der Waals surface area contributed by atoms with Crippen LogP contribution in [0.25, 0.3) is 0 Å². The molecule has 0 atom stereocenters. The molecule has 0 N–H and O–H groups in total. The Hall–Kier alpha value is -0.850. The number of aldehydes is 1. The van der Waals surface area contributed by atoms with Gasteiger partial charge in [0.05, 0.1) is 0 Å². The van der Waals surface area contributed by atoms with Gasteiger partial charge in [-0.3, -0.25) is 4.79 Å². The van der Waals surface area contributed by atoms with E-state index < -0.39 is 0 Å². The van der Waals surface area contributed by atoms with Crippen LogP contribution in [-0.2, 0) is 4.79 Å². The first-order chi connectivity index (χ1) is 5.83. The third-order valence-corrected chi connectivity index (χ3v) is 2.34. The molecule has 1 saturated carbocycles. The molecule has 1 heteroatoms. The van der Waals surface area contributed by atoms with Crippen molar-refractivity contribution in [2.24, 2.45) is 5.92 Å². The van der Waals surface area contributed by atoms with Gasteiger partial charge in [-0.15, -0.1) is 0 Å². The summed E-state index contributed by atoms with van der Waals surface area (Å²) in [6.45, 7) is 2.05. The molecule has 0 saturated heterocycles. The van der Waals surface area contributed by atoms with E-state index in [2.05, 4.69) is 13.0 Å².